The largest absolute Gasteiger partial charge is 0.378 e. The van der Waals surface area contributed by atoms with E-state index >= 15 is 0 Å². The highest BCUT2D eigenvalue weighted by molar-refractivity contribution is 5.92. The van der Waals surface area contributed by atoms with Gasteiger partial charge in [-0.2, -0.15) is 0 Å². The Morgan fingerprint density at radius 3 is 2.90 bits per heavy atom. The van der Waals surface area contributed by atoms with Gasteiger partial charge in [0.1, 0.15) is 11.5 Å². The molecule has 0 bridgehead atoms. The molecule has 2 aromatic heterocycles. The lowest BCUT2D eigenvalue weighted by Gasteiger charge is -2.34. The summed E-state index contributed by atoms with van der Waals surface area (Å²) in [6.45, 7) is 3.84. The molecule has 0 spiro atoms. The number of ether oxygens (including phenoxy) is 1. The first-order chi connectivity index (χ1) is 10.2. The lowest BCUT2D eigenvalue weighted by molar-refractivity contribution is 0.0626. The molecule has 7 heteroatoms. The van der Waals surface area contributed by atoms with E-state index in [0.717, 1.165) is 11.5 Å². The third kappa shape index (κ3) is 2.40. The Hall–Kier alpha value is -2.28. The van der Waals surface area contributed by atoms with E-state index in [1.807, 2.05) is 13.1 Å². The molecule has 1 aliphatic heterocycles. The number of rotatable bonds is 3. The van der Waals surface area contributed by atoms with Crippen LogP contribution in [0, 0.1) is 0 Å². The van der Waals surface area contributed by atoms with E-state index in [9.17, 15) is 4.79 Å². The number of imidazole rings is 1. The molecule has 1 amide bonds. The van der Waals surface area contributed by atoms with Crippen molar-refractivity contribution in [2.24, 2.45) is 0 Å². The van der Waals surface area contributed by atoms with Crippen molar-refractivity contribution in [3.8, 4) is 0 Å². The van der Waals surface area contributed by atoms with Crippen molar-refractivity contribution < 1.29 is 9.53 Å². The van der Waals surface area contributed by atoms with E-state index in [-0.39, 0.29) is 11.9 Å². The Kier molecular flexibility index (Phi) is 3.66. The minimum absolute atomic E-state index is 0.0983. The number of aromatic nitrogens is 4. The molecule has 21 heavy (non-hydrogen) atoms. The number of amides is 1. The van der Waals surface area contributed by atoms with E-state index < -0.39 is 0 Å². The summed E-state index contributed by atoms with van der Waals surface area (Å²) in [7, 11) is 1.66. The number of methoxy groups -OCH3 is 1. The van der Waals surface area contributed by atoms with Gasteiger partial charge in [-0.1, -0.05) is 0 Å². The molecule has 0 radical (unpaired) electrons. The fraction of sp³-hybridized carbons (Fsp3) is 0.429. The van der Waals surface area contributed by atoms with Gasteiger partial charge in [-0.25, -0.2) is 9.97 Å². The fourth-order valence-corrected chi connectivity index (χ4v) is 2.66. The van der Waals surface area contributed by atoms with Crippen LogP contribution < -0.4 is 0 Å². The SMILES string of the molecule is COCc1cnc2n1CCN(C(=O)c1cnccn1)[C@H]2C. The van der Waals surface area contributed by atoms with Gasteiger partial charge >= 0.3 is 0 Å². The molecule has 0 fully saturated rings. The highest BCUT2D eigenvalue weighted by Gasteiger charge is 2.31. The first-order valence-corrected chi connectivity index (χ1v) is 6.82. The van der Waals surface area contributed by atoms with Crippen molar-refractivity contribution in [3.05, 3.63) is 42.0 Å². The fourth-order valence-electron chi connectivity index (χ4n) is 2.66. The molecule has 1 atom stereocenters. The molecule has 0 unspecified atom stereocenters. The maximum absolute atomic E-state index is 12.5. The Morgan fingerprint density at radius 1 is 1.33 bits per heavy atom. The Balaban J connectivity index is 1.86. The van der Waals surface area contributed by atoms with Crippen LogP contribution in [0.5, 0.6) is 0 Å². The number of hydrogen-bond acceptors (Lipinski definition) is 5. The molecular formula is C14H17N5O2. The van der Waals surface area contributed by atoms with Crippen LogP contribution in [-0.2, 0) is 17.9 Å². The molecule has 7 nitrogen and oxygen atoms in total. The summed E-state index contributed by atoms with van der Waals surface area (Å²) in [6, 6.07) is -0.0983. The summed E-state index contributed by atoms with van der Waals surface area (Å²) in [4.78, 5) is 26.8. The van der Waals surface area contributed by atoms with Gasteiger partial charge in [0, 0.05) is 32.6 Å². The zero-order valence-electron chi connectivity index (χ0n) is 12.1. The van der Waals surface area contributed by atoms with Crippen molar-refractivity contribution in [3.63, 3.8) is 0 Å². The Bertz CT molecular complexity index is 640. The smallest absolute Gasteiger partial charge is 0.274 e. The number of nitrogens with zero attached hydrogens (tertiary/aromatic N) is 5. The van der Waals surface area contributed by atoms with Gasteiger partial charge in [-0.3, -0.25) is 9.78 Å². The summed E-state index contributed by atoms with van der Waals surface area (Å²) >= 11 is 0. The minimum Gasteiger partial charge on any atom is -0.378 e. The first-order valence-electron chi connectivity index (χ1n) is 6.82. The van der Waals surface area contributed by atoms with Crippen molar-refractivity contribution in [2.75, 3.05) is 13.7 Å². The monoisotopic (exact) mass is 287 g/mol. The van der Waals surface area contributed by atoms with Gasteiger partial charge < -0.3 is 14.2 Å². The quantitative estimate of drug-likeness (QED) is 0.843. The second-order valence-corrected chi connectivity index (χ2v) is 4.96. The van der Waals surface area contributed by atoms with E-state index in [2.05, 4.69) is 19.5 Å². The van der Waals surface area contributed by atoms with Crippen molar-refractivity contribution in [1.29, 1.82) is 0 Å². The number of fused-ring (bicyclic) bond motifs is 1. The second-order valence-electron chi connectivity index (χ2n) is 4.96. The highest BCUT2D eigenvalue weighted by Crippen LogP contribution is 2.26. The van der Waals surface area contributed by atoms with Crippen molar-refractivity contribution in [2.45, 2.75) is 26.1 Å². The highest BCUT2D eigenvalue weighted by atomic mass is 16.5. The van der Waals surface area contributed by atoms with Crippen LogP contribution in [0.3, 0.4) is 0 Å². The van der Waals surface area contributed by atoms with Crippen LogP contribution in [0.2, 0.25) is 0 Å². The average Bonchev–Trinajstić information content (AvgIpc) is 2.92. The molecule has 110 valence electrons. The van der Waals surface area contributed by atoms with Crippen LogP contribution in [0.25, 0.3) is 0 Å². The predicted octanol–water partition coefficient (Wildman–Crippen LogP) is 1.04. The van der Waals surface area contributed by atoms with Crippen LogP contribution in [0.15, 0.2) is 24.8 Å². The van der Waals surface area contributed by atoms with Gasteiger partial charge in [0.15, 0.2) is 0 Å². The molecule has 0 saturated heterocycles. The lowest BCUT2D eigenvalue weighted by Crippen LogP contribution is -2.41. The van der Waals surface area contributed by atoms with Crippen LogP contribution in [0.4, 0.5) is 0 Å². The summed E-state index contributed by atoms with van der Waals surface area (Å²) in [5, 5.41) is 0. The van der Waals surface area contributed by atoms with Crippen molar-refractivity contribution >= 4 is 5.91 Å². The maximum atomic E-state index is 12.5. The molecule has 2 aromatic rings. The standard InChI is InChI=1S/C14H17N5O2/c1-10-13-17-7-11(9-21-2)19(13)6-5-18(10)14(20)12-8-15-3-4-16-12/h3-4,7-8,10H,5-6,9H2,1-2H3/t10-/m0/s1. The third-order valence-corrected chi connectivity index (χ3v) is 3.71. The summed E-state index contributed by atoms with van der Waals surface area (Å²) in [5.41, 5.74) is 1.40. The van der Waals surface area contributed by atoms with Crippen LogP contribution in [0.1, 0.15) is 35.0 Å². The summed E-state index contributed by atoms with van der Waals surface area (Å²) in [6.07, 6.45) is 6.39. The molecule has 1 aliphatic rings. The topological polar surface area (TPSA) is 73.1 Å². The van der Waals surface area contributed by atoms with Gasteiger partial charge in [-0.15, -0.1) is 0 Å². The number of hydrogen-bond donors (Lipinski definition) is 0. The molecule has 0 saturated carbocycles. The molecular weight excluding hydrogens is 270 g/mol. The summed E-state index contributed by atoms with van der Waals surface area (Å²) < 4.78 is 7.29. The van der Waals surface area contributed by atoms with E-state index in [0.29, 0.717) is 25.4 Å². The van der Waals surface area contributed by atoms with Gasteiger partial charge in [0.25, 0.3) is 5.91 Å². The van der Waals surface area contributed by atoms with E-state index in [1.165, 1.54) is 12.4 Å². The molecule has 0 aliphatic carbocycles. The normalized spacial score (nSPS) is 17.6. The predicted molar refractivity (Wildman–Crippen MR) is 74.4 cm³/mol. The Morgan fingerprint density at radius 2 is 2.19 bits per heavy atom. The van der Waals surface area contributed by atoms with Crippen molar-refractivity contribution in [1.82, 2.24) is 24.4 Å². The zero-order chi connectivity index (χ0) is 14.8. The average molecular weight is 287 g/mol. The third-order valence-electron chi connectivity index (χ3n) is 3.71. The molecule has 0 aromatic carbocycles. The maximum Gasteiger partial charge on any atom is 0.274 e. The lowest BCUT2D eigenvalue weighted by atomic mass is 10.2. The zero-order valence-corrected chi connectivity index (χ0v) is 12.1. The molecule has 3 rings (SSSR count). The first kappa shape index (κ1) is 13.7. The summed E-state index contributed by atoms with van der Waals surface area (Å²) in [5.74, 6) is 0.767. The van der Waals surface area contributed by atoms with E-state index in [1.54, 1.807) is 18.2 Å². The Labute approximate surface area is 122 Å². The van der Waals surface area contributed by atoms with Crippen LogP contribution in [-0.4, -0.2) is 44.0 Å². The second kappa shape index (κ2) is 5.61. The molecule has 0 N–H and O–H groups in total. The van der Waals surface area contributed by atoms with Gasteiger partial charge in [0.2, 0.25) is 0 Å². The molecule has 3 heterocycles. The van der Waals surface area contributed by atoms with E-state index in [4.69, 9.17) is 4.74 Å². The minimum atomic E-state index is -0.113. The van der Waals surface area contributed by atoms with Crippen LogP contribution >= 0.6 is 0 Å². The van der Waals surface area contributed by atoms with Gasteiger partial charge in [-0.05, 0) is 6.92 Å². The number of carbonyl (C=O) groups is 1. The number of carbonyl (C=O) groups excluding carboxylic acids is 1. The van der Waals surface area contributed by atoms with Gasteiger partial charge in [0.05, 0.1) is 30.7 Å².